The van der Waals surface area contributed by atoms with Gasteiger partial charge in [-0.1, -0.05) is 6.58 Å². The smallest absolute Gasteiger partial charge is 0.335 e. The van der Waals surface area contributed by atoms with Gasteiger partial charge in [0.25, 0.3) is 0 Å². The molecule has 0 atom stereocenters. The van der Waals surface area contributed by atoms with Gasteiger partial charge >= 0.3 is 5.97 Å². The van der Waals surface area contributed by atoms with Gasteiger partial charge in [-0.15, -0.1) is 0 Å². The first-order valence-corrected chi connectivity index (χ1v) is 3.96. The molecule has 0 radical (unpaired) electrons. The molecule has 1 aliphatic rings. The van der Waals surface area contributed by atoms with E-state index in [1.807, 2.05) is 0 Å². The van der Waals surface area contributed by atoms with E-state index in [2.05, 4.69) is 6.58 Å². The number of carbonyl (C=O) groups is 1. The maximum atomic E-state index is 12.9. The van der Waals surface area contributed by atoms with Crippen molar-refractivity contribution >= 4 is 5.97 Å². The number of rotatable bonds is 2. The SMILES string of the molecule is C=CC(=O)OC1=C(F)CCCC1. The van der Waals surface area contributed by atoms with E-state index in [1.54, 1.807) is 0 Å². The van der Waals surface area contributed by atoms with Crippen molar-refractivity contribution < 1.29 is 13.9 Å². The Kier molecular flexibility index (Phi) is 3.02. The second-order valence-corrected chi connectivity index (χ2v) is 2.66. The summed E-state index contributed by atoms with van der Waals surface area (Å²) < 4.78 is 17.6. The highest BCUT2D eigenvalue weighted by molar-refractivity contribution is 5.82. The van der Waals surface area contributed by atoms with E-state index < -0.39 is 5.97 Å². The van der Waals surface area contributed by atoms with Crippen LogP contribution in [0, 0.1) is 0 Å². The highest BCUT2D eigenvalue weighted by atomic mass is 19.1. The van der Waals surface area contributed by atoms with E-state index in [4.69, 9.17) is 4.74 Å². The van der Waals surface area contributed by atoms with Gasteiger partial charge < -0.3 is 4.74 Å². The first-order valence-electron chi connectivity index (χ1n) is 3.96. The molecule has 1 rings (SSSR count). The topological polar surface area (TPSA) is 26.3 Å². The molecular formula is C9H11FO2. The molecule has 0 aromatic heterocycles. The molecule has 0 bridgehead atoms. The molecule has 0 spiro atoms. The second kappa shape index (κ2) is 4.04. The molecule has 0 heterocycles. The lowest BCUT2D eigenvalue weighted by atomic mass is 10.1. The summed E-state index contributed by atoms with van der Waals surface area (Å²) in [5.74, 6) is -0.690. The summed E-state index contributed by atoms with van der Waals surface area (Å²) in [5.41, 5.74) is 0. The number of halogens is 1. The van der Waals surface area contributed by atoms with Crippen molar-refractivity contribution in [1.29, 1.82) is 0 Å². The molecule has 12 heavy (non-hydrogen) atoms. The molecule has 3 heteroatoms. The van der Waals surface area contributed by atoms with Crippen molar-refractivity contribution in [2.24, 2.45) is 0 Å². The Bertz CT molecular complexity index is 231. The standard InChI is InChI=1S/C9H11FO2/c1-2-9(11)12-8-6-4-3-5-7(8)10/h2H,1,3-6H2. The molecule has 0 aliphatic heterocycles. The molecule has 2 nitrogen and oxygen atoms in total. The Hall–Kier alpha value is -1.12. The zero-order valence-electron chi connectivity index (χ0n) is 6.81. The van der Waals surface area contributed by atoms with Crippen molar-refractivity contribution in [2.45, 2.75) is 25.7 Å². The Balaban J connectivity index is 2.60. The van der Waals surface area contributed by atoms with Gasteiger partial charge in [0.2, 0.25) is 0 Å². The zero-order valence-corrected chi connectivity index (χ0v) is 6.81. The minimum absolute atomic E-state index is 0.186. The van der Waals surface area contributed by atoms with Crippen LogP contribution < -0.4 is 0 Å². The molecule has 0 fully saturated rings. The molecule has 0 saturated heterocycles. The van der Waals surface area contributed by atoms with E-state index in [0.717, 1.165) is 18.9 Å². The van der Waals surface area contributed by atoms with Gasteiger partial charge in [-0.05, 0) is 12.8 Å². The minimum atomic E-state index is -0.581. The summed E-state index contributed by atoms with van der Waals surface area (Å²) in [6.07, 6.45) is 3.66. The third-order valence-corrected chi connectivity index (χ3v) is 1.74. The summed E-state index contributed by atoms with van der Waals surface area (Å²) >= 11 is 0. The number of hydrogen-bond acceptors (Lipinski definition) is 2. The second-order valence-electron chi connectivity index (χ2n) is 2.66. The molecule has 1 aliphatic carbocycles. The first kappa shape index (κ1) is 8.97. The predicted molar refractivity (Wildman–Crippen MR) is 42.9 cm³/mol. The monoisotopic (exact) mass is 170 g/mol. The van der Waals surface area contributed by atoms with Gasteiger partial charge in [0.15, 0.2) is 0 Å². The van der Waals surface area contributed by atoms with Crippen LogP contribution in [0.5, 0.6) is 0 Å². The molecular weight excluding hydrogens is 159 g/mol. The quantitative estimate of drug-likeness (QED) is 0.470. The highest BCUT2D eigenvalue weighted by Gasteiger charge is 2.15. The van der Waals surface area contributed by atoms with Gasteiger partial charge in [0.05, 0.1) is 0 Å². The third-order valence-electron chi connectivity index (χ3n) is 1.74. The zero-order chi connectivity index (χ0) is 8.97. The molecule has 0 saturated carbocycles. The highest BCUT2D eigenvalue weighted by Crippen LogP contribution is 2.26. The number of carbonyl (C=O) groups excluding carboxylic acids is 1. The van der Waals surface area contributed by atoms with Crippen LogP contribution in [0.15, 0.2) is 24.2 Å². The van der Waals surface area contributed by atoms with Gasteiger partial charge in [-0.25, -0.2) is 9.18 Å². The summed E-state index contributed by atoms with van der Waals surface area (Å²) in [5, 5.41) is 0. The largest absolute Gasteiger partial charge is 0.425 e. The number of hydrogen-bond donors (Lipinski definition) is 0. The lowest BCUT2D eigenvalue weighted by molar-refractivity contribution is -0.134. The Labute approximate surface area is 70.7 Å². The van der Waals surface area contributed by atoms with E-state index in [9.17, 15) is 9.18 Å². The summed E-state index contributed by atoms with van der Waals surface area (Å²) in [6, 6.07) is 0. The van der Waals surface area contributed by atoms with Crippen molar-refractivity contribution in [3.05, 3.63) is 24.2 Å². The Morgan fingerprint density at radius 1 is 1.50 bits per heavy atom. The lowest BCUT2D eigenvalue weighted by Gasteiger charge is -2.13. The fraction of sp³-hybridized carbons (Fsp3) is 0.444. The van der Waals surface area contributed by atoms with Crippen LogP contribution in [0.2, 0.25) is 0 Å². The van der Waals surface area contributed by atoms with Crippen LogP contribution in [-0.2, 0) is 9.53 Å². The fourth-order valence-corrected chi connectivity index (χ4v) is 1.11. The normalized spacial score (nSPS) is 17.4. The Morgan fingerprint density at radius 3 is 2.75 bits per heavy atom. The van der Waals surface area contributed by atoms with E-state index in [-0.39, 0.29) is 11.6 Å². The van der Waals surface area contributed by atoms with Gasteiger partial charge in [-0.3, -0.25) is 0 Å². The van der Waals surface area contributed by atoms with Crippen LogP contribution in [0.1, 0.15) is 25.7 Å². The van der Waals surface area contributed by atoms with Crippen LogP contribution in [0.4, 0.5) is 4.39 Å². The maximum absolute atomic E-state index is 12.9. The summed E-state index contributed by atoms with van der Waals surface area (Å²) in [7, 11) is 0. The molecule has 0 unspecified atom stereocenters. The molecule has 0 N–H and O–H groups in total. The molecule has 66 valence electrons. The van der Waals surface area contributed by atoms with Crippen LogP contribution in [0.3, 0.4) is 0 Å². The maximum Gasteiger partial charge on any atom is 0.335 e. The number of allylic oxidation sites excluding steroid dienone is 2. The van der Waals surface area contributed by atoms with Gasteiger partial charge in [0.1, 0.15) is 11.6 Å². The average molecular weight is 170 g/mol. The van der Waals surface area contributed by atoms with Crippen molar-refractivity contribution in [3.63, 3.8) is 0 Å². The van der Waals surface area contributed by atoms with Gasteiger partial charge in [0, 0.05) is 18.9 Å². The first-order chi connectivity index (χ1) is 5.74. The van der Waals surface area contributed by atoms with Crippen LogP contribution in [0.25, 0.3) is 0 Å². The van der Waals surface area contributed by atoms with Crippen LogP contribution >= 0.6 is 0 Å². The van der Waals surface area contributed by atoms with E-state index in [0.29, 0.717) is 12.8 Å². The molecule has 0 aromatic rings. The summed E-state index contributed by atoms with van der Waals surface area (Å²) in [6.45, 7) is 3.23. The van der Waals surface area contributed by atoms with Crippen molar-refractivity contribution in [2.75, 3.05) is 0 Å². The number of ether oxygens (including phenoxy) is 1. The van der Waals surface area contributed by atoms with Gasteiger partial charge in [-0.2, -0.15) is 0 Å². The Morgan fingerprint density at radius 2 is 2.17 bits per heavy atom. The third kappa shape index (κ3) is 2.19. The average Bonchev–Trinajstić information content (AvgIpc) is 2.09. The minimum Gasteiger partial charge on any atom is -0.425 e. The number of esters is 1. The summed E-state index contributed by atoms with van der Waals surface area (Å²) in [4.78, 5) is 10.7. The predicted octanol–water partition coefficient (Wildman–Crippen LogP) is 2.47. The lowest BCUT2D eigenvalue weighted by Crippen LogP contribution is -2.05. The van der Waals surface area contributed by atoms with Crippen molar-refractivity contribution in [3.8, 4) is 0 Å². The van der Waals surface area contributed by atoms with Crippen LogP contribution in [-0.4, -0.2) is 5.97 Å². The molecule has 0 aromatic carbocycles. The fourth-order valence-electron chi connectivity index (χ4n) is 1.11. The van der Waals surface area contributed by atoms with E-state index >= 15 is 0 Å². The van der Waals surface area contributed by atoms with E-state index in [1.165, 1.54) is 0 Å². The van der Waals surface area contributed by atoms with Crippen molar-refractivity contribution in [1.82, 2.24) is 0 Å². The molecule has 0 amide bonds.